The highest BCUT2D eigenvalue weighted by Crippen LogP contribution is 2.31. The molecule has 1 aliphatic heterocycles. The summed E-state index contributed by atoms with van der Waals surface area (Å²) >= 11 is 0. The zero-order chi connectivity index (χ0) is 17.9. The summed E-state index contributed by atoms with van der Waals surface area (Å²) in [5, 5.41) is 0. The second kappa shape index (κ2) is 7.36. The molecule has 4 rings (SSSR count). The molecule has 1 heterocycles. The summed E-state index contributed by atoms with van der Waals surface area (Å²) in [7, 11) is 0. The maximum atomic E-state index is 13.3. The number of piperazine rings is 1. The third-order valence-corrected chi connectivity index (χ3v) is 5.00. The lowest BCUT2D eigenvalue weighted by Gasteiger charge is -2.36. The summed E-state index contributed by atoms with van der Waals surface area (Å²) in [6, 6.07) is 14.4. The van der Waals surface area contributed by atoms with Crippen molar-refractivity contribution in [1.82, 2.24) is 4.90 Å². The molecule has 0 atom stereocenters. The van der Waals surface area contributed by atoms with Crippen molar-refractivity contribution in [2.24, 2.45) is 5.92 Å². The number of carbonyl (C=O) groups excluding carboxylic acids is 1. The fraction of sp³-hybridized carbons (Fsp3) is 0.381. The van der Waals surface area contributed by atoms with E-state index in [4.69, 9.17) is 4.74 Å². The fourth-order valence-corrected chi connectivity index (χ4v) is 3.34. The van der Waals surface area contributed by atoms with E-state index in [0.29, 0.717) is 18.4 Å². The Morgan fingerprint density at radius 3 is 2.54 bits per heavy atom. The number of benzene rings is 2. The summed E-state index contributed by atoms with van der Waals surface area (Å²) in [6.07, 6.45) is 2.12. The Morgan fingerprint density at radius 1 is 1.04 bits per heavy atom. The topological polar surface area (TPSA) is 32.8 Å². The Balaban J connectivity index is 1.34. The van der Waals surface area contributed by atoms with Crippen LogP contribution in [-0.4, -0.2) is 37.0 Å². The zero-order valence-electron chi connectivity index (χ0n) is 14.7. The van der Waals surface area contributed by atoms with Crippen LogP contribution in [0.2, 0.25) is 0 Å². The van der Waals surface area contributed by atoms with Gasteiger partial charge in [0.2, 0.25) is 5.91 Å². The van der Waals surface area contributed by atoms with Gasteiger partial charge in [0.15, 0.2) is 0 Å². The molecule has 0 unspecified atom stereocenters. The van der Waals surface area contributed by atoms with Crippen molar-refractivity contribution in [3.8, 4) is 5.75 Å². The van der Waals surface area contributed by atoms with Crippen molar-refractivity contribution in [3.05, 3.63) is 59.9 Å². The van der Waals surface area contributed by atoms with Crippen LogP contribution in [-0.2, 0) is 11.4 Å². The highest BCUT2D eigenvalue weighted by atomic mass is 19.1. The van der Waals surface area contributed by atoms with Crippen molar-refractivity contribution in [1.29, 1.82) is 0 Å². The molecule has 1 saturated carbocycles. The van der Waals surface area contributed by atoms with Crippen molar-refractivity contribution in [2.45, 2.75) is 19.4 Å². The second-order valence-corrected chi connectivity index (χ2v) is 7.00. The summed E-state index contributed by atoms with van der Waals surface area (Å²) in [5.74, 6) is 1.14. The molecule has 2 aromatic carbocycles. The minimum Gasteiger partial charge on any atom is -0.489 e. The molecule has 26 heavy (non-hydrogen) atoms. The molecule has 1 amide bonds. The molecule has 0 spiro atoms. The van der Waals surface area contributed by atoms with Gasteiger partial charge < -0.3 is 14.5 Å². The van der Waals surface area contributed by atoms with Crippen molar-refractivity contribution >= 4 is 11.6 Å². The van der Waals surface area contributed by atoms with Crippen LogP contribution >= 0.6 is 0 Å². The molecule has 0 radical (unpaired) electrons. The van der Waals surface area contributed by atoms with Gasteiger partial charge in [-0.1, -0.05) is 18.2 Å². The molecule has 2 aromatic rings. The molecule has 1 saturated heterocycles. The molecule has 4 nitrogen and oxygen atoms in total. The van der Waals surface area contributed by atoms with Crippen LogP contribution < -0.4 is 9.64 Å². The highest BCUT2D eigenvalue weighted by Gasteiger charge is 2.34. The first-order chi connectivity index (χ1) is 12.7. The van der Waals surface area contributed by atoms with Crippen LogP contribution in [0, 0.1) is 11.7 Å². The normalized spacial score (nSPS) is 17.3. The number of rotatable bonds is 5. The van der Waals surface area contributed by atoms with Crippen LogP contribution in [0.5, 0.6) is 5.75 Å². The van der Waals surface area contributed by atoms with E-state index in [9.17, 15) is 9.18 Å². The van der Waals surface area contributed by atoms with Crippen LogP contribution in [0.1, 0.15) is 18.4 Å². The monoisotopic (exact) mass is 354 g/mol. The molecule has 0 bridgehead atoms. The predicted molar refractivity (Wildman–Crippen MR) is 98.7 cm³/mol. The number of hydrogen-bond donors (Lipinski definition) is 0. The Bertz CT molecular complexity index is 783. The highest BCUT2D eigenvalue weighted by molar-refractivity contribution is 5.81. The molecular weight excluding hydrogens is 331 g/mol. The number of halogens is 1. The minimum atomic E-state index is -0.251. The molecule has 5 heteroatoms. The predicted octanol–water partition coefficient (Wildman–Crippen LogP) is 3.46. The summed E-state index contributed by atoms with van der Waals surface area (Å²) < 4.78 is 19.1. The summed E-state index contributed by atoms with van der Waals surface area (Å²) in [5.41, 5.74) is 1.91. The average molecular weight is 354 g/mol. The van der Waals surface area contributed by atoms with Crippen molar-refractivity contribution in [3.63, 3.8) is 0 Å². The first kappa shape index (κ1) is 16.9. The summed E-state index contributed by atoms with van der Waals surface area (Å²) in [4.78, 5) is 16.4. The molecule has 2 aliphatic rings. The Kier molecular flexibility index (Phi) is 4.78. The SMILES string of the molecule is O=C(C1CC1)N1CCN(c2cccc(OCc3cccc(F)c3)c2)CC1. The molecular formula is C21H23FN2O2. The van der Waals surface area contributed by atoms with E-state index in [1.165, 1.54) is 12.1 Å². The average Bonchev–Trinajstić information content (AvgIpc) is 3.52. The van der Waals surface area contributed by atoms with Gasteiger partial charge in [-0.15, -0.1) is 0 Å². The zero-order valence-corrected chi connectivity index (χ0v) is 14.7. The number of anilines is 1. The van der Waals surface area contributed by atoms with E-state index < -0.39 is 0 Å². The van der Waals surface area contributed by atoms with Crippen LogP contribution in [0.4, 0.5) is 10.1 Å². The van der Waals surface area contributed by atoms with E-state index in [2.05, 4.69) is 11.0 Å². The first-order valence-corrected chi connectivity index (χ1v) is 9.20. The maximum Gasteiger partial charge on any atom is 0.225 e. The third-order valence-electron chi connectivity index (χ3n) is 5.00. The Labute approximate surface area is 153 Å². The standard InChI is InChI=1S/C21H23FN2O2/c22-18-4-1-3-16(13-18)15-26-20-6-2-5-19(14-20)23-9-11-24(12-10-23)21(25)17-7-8-17/h1-6,13-14,17H,7-12,15H2. The number of ether oxygens (including phenoxy) is 1. The third kappa shape index (κ3) is 3.98. The van der Waals surface area contributed by atoms with Gasteiger partial charge in [-0.25, -0.2) is 4.39 Å². The summed E-state index contributed by atoms with van der Waals surface area (Å²) in [6.45, 7) is 3.58. The van der Waals surface area contributed by atoms with Gasteiger partial charge in [0, 0.05) is 43.9 Å². The minimum absolute atomic E-state index is 0.251. The van der Waals surface area contributed by atoms with Crippen LogP contribution in [0.15, 0.2) is 48.5 Å². The number of hydrogen-bond acceptors (Lipinski definition) is 3. The quantitative estimate of drug-likeness (QED) is 0.824. The van der Waals surface area contributed by atoms with E-state index in [1.807, 2.05) is 29.2 Å². The lowest BCUT2D eigenvalue weighted by Crippen LogP contribution is -2.49. The smallest absolute Gasteiger partial charge is 0.225 e. The lowest BCUT2D eigenvalue weighted by molar-refractivity contribution is -0.132. The number of nitrogens with zero attached hydrogens (tertiary/aromatic N) is 2. The number of carbonyl (C=O) groups is 1. The van der Waals surface area contributed by atoms with E-state index >= 15 is 0 Å². The van der Waals surface area contributed by atoms with Gasteiger partial charge in [-0.05, 0) is 42.7 Å². The number of amides is 1. The Morgan fingerprint density at radius 2 is 1.81 bits per heavy atom. The van der Waals surface area contributed by atoms with Gasteiger partial charge in [0.05, 0.1) is 0 Å². The molecule has 0 aromatic heterocycles. The van der Waals surface area contributed by atoms with Gasteiger partial charge in [0.25, 0.3) is 0 Å². The van der Waals surface area contributed by atoms with Crippen LogP contribution in [0.3, 0.4) is 0 Å². The second-order valence-electron chi connectivity index (χ2n) is 7.00. The van der Waals surface area contributed by atoms with Gasteiger partial charge in [0.1, 0.15) is 18.2 Å². The fourth-order valence-electron chi connectivity index (χ4n) is 3.34. The van der Waals surface area contributed by atoms with Crippen LogP contribution in [0.25, 0.3) is 0 Å². The van der Waals surface area contributed by atoms with E-state index in [-0.39, 0.29) is 5.82 Å². The molecule has 0 N–H and O–H groups in total. The van der Waals surface area contributed by atoms with Crippen molar-refractivity contribution in [2.75, 3.05) is 31.1 Å². The van der Waals surface area contributed by atoms with Crippen molar-refractivity contribution < 1.29 is 13.9 Å². The molecule has 2 fully saturated rings. The van der Waals surface area contributed by atoms with E-state index in [1.54, 1.807) is 6.07 Å². The molecule has 1 aliphatic carbocycles. The largest absolute Gasteiger partial charge is 0.489 e. The van der Waals surface area contributed by atoms with Gasteiger partial charge in [-0.3, -0.25) is 4.79 Å². The first-order valence-electron chi connectivity index (χ1n) is 9.20. The maximum absolute atomic E-state index is 13.3. The van der Waals surface area contributed by atoms with Gasteiger partial charge in [-0.2, -0.15) is 0 Å². The molecule has 136 valence electrons. The lowest BCUT2D eigenvalue weighted by atomic mass is 10.2. The van der Waals surface area contributed by atoms with Gasteiger partial charge >= 0.3 is 0 Å². The van der Waals surface area contributed by atoms with E-state index in [0.717, 1.165) is 56.0 Å². The Hall–Kier alpha value is -2.56.